The highest BCUT2D eigenvalue weighted by Gasteiger charge is 2.29. The second-order valence-electron chi connectivity index (χ2n) is 2.70. The first-order chi connectivity index (χ1) is 5.52. The second kappa shape index (κ2) is 3.06. The molecule has 1 unspecified atom stereocenters. The smallest absolute Gasteiger partial charge is 0.305 e. The van der Waals surface area contributed by atoms with Crippen LogP contribution < -0.4 is 0 Å². The summed E-state index contributed by atoms with van der Waals surface area (Å²) < 4.78 is 9.84. The van der Waals surface area contributed by atoms with Crippen molar-refractivity contribution in [1.29, 1.82) is 0 Å². The van der Waals surface area contributed by atoms with Crippen LogP contribution in [0.25, 0.3) is 0 Å². The number of hydrogen-bond donors (Lipinski definition) is 0. The fraction of sp³-hybridized carbons (Fsp3) is 0.500. The predicted molar refractivity (Wildman–Crippen MR) is 40.3 cm³/mol. The van der Waals surface area contributed by atoms with Crippen molar-refractivity contribution in [3.8, 4) is 0 Å². The summed E-state index contributed by atoms with van der Waals surface area (Å²) >= 11 is 0. The average molecular weight is 170 g/mol. The molecule has 1 rings (SSSR count). The van der Waals surface area contributed by atoms with Crippen molar-refractivity contribution >= 4 is 11.8 Å². The van der Waals surface area contributed by atoms with E-state index in [-0.39, 0.29) is 12.4 Å². The largest absolute Gasteiger partial charge is 0.430 e. The first-order valence-electron chi connectivity index (χ1n) is 3.57. The van der Waals surface area contributed by atoms with Crippen LogP contribution in [0.4, 0.5) is 0 Å². The van der Waals surface area contributed by atoms with Crippen LogP contribution in [0, 0.1) is 0 Å². The van der Waals surface area contributed by atoms with Gasteiger partial charge in [-0.25, -0.2) is 0 Å². The van der Waals surface area contributed by atoms with E-state index in [2.05, 4.69) is 0 Å². The lowest BCUT2D eigenvalue weighted by molar-refractivity contribution is -0.203. The van der Waals surface area contributed by atoms with E-state index < -0.39 is 11.8 Å². The average Bonchev–Trinajstić information content (AvgIpc) is 1.94. The molecule has 1 atom stereocenters. The molecule has 0 fully saturated rings. The van der Waals surface area contributed by atoms with Gasteiger partial charge >= 0.3 is 5.97 Å². The molecule has 0 spiro atoms. The lowest BCUT2D eigenvalue weighted by Crippen LogP contribution is -2.36. The lowest BCUT2D eigenvalue weighted by Gasteiger charge is -2.27. The fourth-order valence-corrected chi connectivity index (χ4v) is 0.904. The normalized spacial score (nSPS) is 28.7. The van der Waals surface area contributed by atoms with Gasteiger partial charge in [0.05, 0.1) is 0 Å². The Morgan fingerprint density at radius 1 is 1.75 bits per heavy atom. The third kappa shape index (κ3) is 2.17. The summed E-state index contributed by atoms with van der Waals surface area (Å²) in [6.07, 6.45) is 2.78. The number of carbonyl (C=O) groups is 2. The van der Waals surface area contributed by atoms with Gasteiger partial charge in [-0.05, 0) is 12.2 Å². The van der Waals surface area contributed by atoms with Gasteiger partial charge in [-0.15, -0.1) is 0 Å². The van der Waals surface area contributed by atoms with Crippen LogP contribution in [-0.2, 0) is 19.1 Å². The number of ketones is 1. The molecule has 1 aliphatic heterocycles. The molecule has 1 aliphatic rings. The Hall–Kier alpha value is -1.16. The van der Waals surface area contributed by atoms with Gasteiger partial charge < -0.3 is 9.47 Å². The van der Waals surface area contributed by atoms with Crippen molar-refractivity contribution in [3.05, 3.63) is 12.2 Å². The Labute approximate surface area is 70.1 Å². The summed E-state index contributed by atoms with van der Waals surface area (Å²) in [5.41, 5.74) is 0. The van der Waals surface area contributed by atoms with Crippen molar-refractivity contribution < 1.29 is 19.1 Å². The van der Waals surface area contributed by atoms with E-state index >= 15 is 0 Å². The molecule has 4 heteroatoms. The van der Waals surface area contributed by atoms with Crippen LogP contribution >= 0.6 is 0 Å². The molecule has 0 saturated heterocycles. The molecule has 0 aromatic rings. The van der Waals surface area contributed by atoms with Crippen LogP contribution in [0.15, 0.2) is 12.2 Å². The maximum atomic E-state index is 10.7. The topological polar surface area (TPSA) is 52.6 Å². The van der Waals surface area contributed by atoms with Crippen LogP contribution in [0.5, 0.6) is 0 Å². The van der Waals surface area contributed by atoms with Gasteiger partial charge in [0.2, 0.25) is 5.79 Å². The summed E-state index contributed by atoms with van der Waals surface area (Å²) in [7, 11) is 0. The van der Waals surface area contributed by atoms with E-state index in [0.717, 1.165) is 0 Å². The standard InChI is InChI=1S/C8H10O4/c1-6(9)12-8(2)4-3-7(10)5-11-8/h3-4H,5H2,1-2H3. The molecule has 0 bridgehead atoms. The molecule has 0 saturated carbocycles. The van der Waals surface area contributed by atoms with Gasteiger partial charge in [0.25, 0.3) is 0 Å². The zero-order valence-electron chi connectivity index (χ0n) is 6.99. The molecule has 0 N–H and O–H groups in total. The minimum absolute atomic E-state index is 0.0414. The highest BCUT2D eigenvalue weighted by molar-refractivity contribution is 5.91. The highest BCUT2D eigenvalue weighted by Crippen LogP contribution is 2.18. The minimum Gasteiger partial charge on any atom is -0.430 e. The zero-order valence-corrected chi connectivity index (χ0v) is 6.99. The summed E-state index contributed by atoms with van der Waals surface area (Å²) in [6.45, 7) is 2.83. The Morgan fingerprint density at radius 2 is 2.42 bits per heavy atom. The molecule has 0 amide bonds. The van der Waals surface area contributed by atoms with Crippen molar-refractivity contribution in [3.63, 3.8) is 0 Å². The Bertz CT molecular complexity index is 243. The maximum Gasteiger partial charge on any atom is 0.305 e. The highest BCUT2D eigenvalue weighted by atomic mass is 16.7. The molecular weight excluding hydrogens is 160 g/mol. The van der Waals surface area contributed by atoms with Crippen LogP contribution in [0.1, 0.15) is 13.8 Å². The molecule has 66 valence electrons. The van der Waals surface area contributed by atoms with E-state index in [9.17, 15) is 9.59 Å². The second-order valence-corrected chi connectivity index (χ2v) is 2.70. The molecule has 12 heavy (non-hydrogen) atoms. The Balaban J connectivity index is 2.67. The number of carbonyl (C=O) groups excluding carboxylic acids is 2. The predicted octanol–water partition coefficient (Wildman–Crippen LogP) is 0.421. The van der Waals surface area contributed by atoms with E-state index in [0.29, 0.717) is 0 Å². The van der Waals surface area contributed by atoms with Gasteiger partial charge in [-0.1, -0.05) is 0 Å². The van der Waals surface area contributed by atoms with Gasteiger partial charge in [0.1, 0.15) is 6.61 Å². The van der Waals surface area contributed by atoms with Crippen LogP contribution in [0.2, 0.25) is 0 Å². The Kier molecular flexibility index (Phi) is 2.28. The minimum atomic E-state index is -1.07. The van der Waals surface area contributed by atoms with E-state index in [1.54, 1.807) is 6.92 Å². The van der Waals surface area contributed by atoms with Gasteiger partial charge in [0, 0.05) is 13.8 Å². The van der Waals surface area contributed by atoms with Crippen LogP contribution in [0.3, 0.4) is 0 Å². The summed E-state index contributed by atoms with van der Waals surface area (Å²) in [5.74, 6) is -1.63. The first kappa shape index (κ1) is 8.93. The fourth-order valence-electron chi connectivity index (χ4n) is 0.904. The third-order valence-electron chi connectivity index (χ3n) is 1.42. The van der Waals surface area contributed by atoms with Gasteiger partial charge in [-0.3, -0.25) is 9.59 Å². The van der Waals surface area contributed by atoms with Crippen molar-refractivity contribution in [2.75, 3.05) is 6.61 Å². The zero-order chi connectivity index (χ0) is 9.19. The van der Waals surface area contributed by atoms with Gasteiger partial charge in [0.15, 0.2) is 5.78 Å². The summed E-state index contributed by atoms with van der Waals surface area (Å²) in [5, 5.41) is 0. The molecule has 1 heterocycles. The van der Waals surface area contributed by atoms with E-state index in [4.69, 9.17) is 9.47 Å². The van der Waals surface area contributed by atoms with Crippen molar-refractivity contribution in [2.45, 2.75) is 19.6 Å². The molecule has 0 aliphatic carbocycles. The summed E-state index contributed by atoms with van der Waals surface area (Å²) in [4.78, 5) is 21.3. The van der Waals surface area contributed by atoms with Crippen molar-refractivity contribution in [1.82, 2.24) is 0 Å². The monoisotopic (exact) mass is 170 g/mol. The lowest BCUT2D eigenvalue weighted by atomic mass is 10.2. The molecule has 0 aromatic heterocycles. The van der Waals surface area contributed by atoms with E-state index in [1.807, 2.05) is 0 Å². The number of esters is 1. The third-order valence-corrected chi connectivity index (χ3v) is 1.42. The number of ether oxygens (including phenoxy) is 2. The summed E-state index contributed by atoms with van der Waals surface area (Å²) in [6, 6.07) is 0. The molecule has 0 radical (unpaired) electrons. The number of hydrogen-bond acceptors (Lipinski definition) is 4. The SMILES string of the molecule is CC(=O)OC1(C)C=CC(=O)CO1. The van der Waals surface area contributed by atoms with Gasteiger partial charge in [-0.2, -0.15) is 0 Å². The van der Waals surface area contributed by atoms with Crippen LogP contribution in [-0.4, -0.2) is 24.1 Å². The number of rotatable bonds is 1. The molecule has 0 aromatic carbocycles. The first-order valence-corrected chi connectivity index (χ1v) is 3.57. The maximum absolute atomic E-state index is 10.7. The molecule has 4 nitrogen and oxygen atoms in total. The Morgan fingerprint density at radius 3 is 2.83 bits per heavy atom. The molecular formula is C8H10O4. The quantitative estimate of drug-likeness (QED) is 0.535. The van der Waals surface area contributed by atoms with Crippen molar-refractivity contribution in [2.24, 2.45) is 0 Å². The van der Waals surface area contributed by atoms with E-state index in [1.165, 1.54) is 19.1 Å².